The first-order chi connectivity index (χ1) is 11.9. The number of hydrogen-bond donors (Lipinski definition) is 3. The van der Waals surface area contributed by atoms with Crippen LogP contribution in [0.15, 0.2) is 47.4 Å². The van der Waals surface area contributed by atoms with Gasteiger partial charge in [-0.05, 0) is 12.0 Å². The Balaban J connectivity index is 2.37. The van der Waals surface area contributed by atoms with Gasteiger partial charge < -0.3 is 20.5 Å². The third-order valence-corrected chi connectivity index (χ3v) is 4.23. The Morgan fingerprint density at radius 3 is 2.52 bits per heavy atom. The number of nitrogens with two attached hydrogens (primary N) is 1. The van der Waals surface area contributed by atoms with Crippen molar-refractivity contribution in [3.05, 3.63) is 64.1 Å². The zero-order valence-corrected chi connectivity index (χ0v) is 14.3. The molecule has 0 bridgehead atoms. The average Bonchev–Trinajstić information content (AvgIpc) is 2.57. The number of pyridine rings is 1. The number of aromatic nitrogens is 1. The van der Waals surface area contributed by atoms with Crippen LogP contribution in [0.3, 0.4) is 0 Å². The maximum absolute atomic E-state index is 11.8. The first kappa shape index (κ1) is 18.7. The molecule has 2 rings (SSSR count). The number of unbranched alkanes of at least 4 members (excludes halogenated alkanes) is 1. The molecule has 0 aliphatic carbocycles. The number of nitrogens with zero attached hydrogens (tertiary/aromatic N) is 1. The van der Waals surface area contributed by atoms with Gasteiger partial charge in [-0.2, -0.15) is 0 Å². The number of benzene rings is 1. The number of aryl methyl sites for hydroxylation is 1. The standard InChI is InChI=1S/C19H24N2O4/c1-2-3-9-21-13-17(23)16(22)10-15(21)12-19(20,18(24)25)11-14-7-5-4-6-8-14/h4-8,10,13,23H,2-3,9,11-12,20H2,1H3,(H,24,25). The summed E-state index contributed by atoms with van der Waals surface area (Å²) in [7, 11) is 0. The number of carbonyl (C=O) groups is 1. The fourth-order valence-corrected chi connectivity index (χ4v) is 2.79. The second kappa shape index (κ2) is 7.98. The van der Waals surface area contributed by atoms with E-state index in [4.69, 9.17) is 5.73 Å². The summed E-state index contributed by atoms with van der Waals surface area (Å²) in [6.45, 7) is 2.61. The second-order valence-electron chi connectivity index (χ2n) is 6.36. The molecule has 2 aromatic rings. The predicted octanol–water partition coefficient (Wildman–Crippen LogP) is 1.92. The summed E-state index contributed by atoms with van der Waals surface area (Å²) in [4.78, 5) is 23.7. The highest BCUT2D eigenvalue weighted by Gasteiger charge is 2.35. The summed E-state index contributed by atoms with van der Waals surface area (Å²) in [5.74, 6) is -1.47. The molecule has 6 nitrogen and oxygen atoms in total. The molecule has 1 heterocycles. The van der Waals surface area contributed by atoms with E-state index in [1.54, 1.807) is 4.57 Å². The molecule has 0 saturated heterocycles. The van der Waals surface area contributed by atoms with Crippen LogP contribution in [0.2, 0.25) is 0 Å². The van der Waals surface area contributed by atoms with Crippen molar-refractivity contribution in [3.8, 4) is 5.75 Å². The molecular weight excluding hydrogens is 320 g/mol. The lowest BCUT2D eigenvalue weighted by molar-refractivity contribution is -0.143. The fraction of sp³-hybridized carbons (Fsp3) is 0.368. The molecule has 1 aromatic carbocycles. The zero-order valence-electron chi connectivity index (χ0n) is 14.3. The van der Waals surface area contributed by atoms with Crippen molar-refractivity contribution in [1.29, 1.82) is 0 Å². The topological polar surface area (TPSA) is 106 Å². The van der Waals surface area contributed by atoms with Gasteiger partial charge in [0.1, 0.15) is 5.54 Å². The molecule has 25 heavy (non-hydrogen) atoms. The third kappa shape index (κ3) is 4.70. The Morgan fingerprint density at radius 2 is 1.92 bits per heavy atom. The van der Waals surface area contributed by atoms with Crippen LogP contribution in [-0.4, -0.2) is 26.3 Å². The van der Waals surface area contributed by atoms with Gasteiger partial charge in [0.15, 0.2) is 5.75 Å². The maximum Gasteiger partial charge on any atom is 0.324 e. The van der Waals surface area contributed by atoms with Crippen LogP contribution in [-0.2, 0) is 24.2 Å². The molecule has 1 unspecified atom stereocenters. The SMILES string of the molecule is CCCCn1cc(O)c(=O)cc1CC(N)(Cc1ccccc1)C(=O)O. The van der Waals surface area contributed by atoms with Crippen LogP contribution in [0, 0.1) is 0 Å². The molecule has 1 aromatic heterocycles. The van der Waals surface area contributed by atoms with Gasteiger partial charge in [-0.15, -0.1) is 0 Å². The van der Waals surface area contributed by atoms with Crippen LogP contribution < -0.4 is 11.2 Å². The summed E-state index contributed by atoms with van der Waals surface area (Å²) in [6.07, 6.45) is 3.28. The monoisotopic (exact) mass is 344 g/mol. The molecule has 4 N–H and O–H groups in total. The van der Waals surface area contributed by atoms with Crippen molar-refractivity contribution in [2.75, 3.05) is 0 Å². The highest BCUT2D eigenvalue weighted by molar-refractivity contribution is 5.79. The van der Waals surface area contributed by atoms with E-state index in [1.165, 1.54) is 12.3 Å². The lowest BCUT2D eigenvalue weighted by atomic mass is 9.87. The molecule has 0 aliphatic rings. The summed E-state index contributed by atoms with van der Waals surface area (Å²) >= 11 is 0. The molecule has 0 spiro atoms. The minimum absolute atomic E-state index is 0.00351. The predicted molar refractivity (Wildman–Crippen MR) is 95.7 cm³/mol. The number of hydrogen-bond acceptors (Lipinski definition) is 4. The largest absolute Gasteiger partial charge is 0.503 e. The Morgan fingerprint density at radius 1 is 1.24 bits per heavy atom. The average molecular weight is 344 g/mol. The van der Waals surface area contributed by atoms with Crippen molar-refractivity contribution in [2.24, 2.45) is 5.73 Å². The van der Waals surface area contributed by atoms with Gasteiger partial charge in [0.2, 0.25) is 5.43 Å². The molecule has 0 saturated carbocycles. The van der Waals surface area contributed by atoms with Crippen molar-refractivity contribution in [2.45, 2.75) is 44.7 Å². The number of aliphatic carboxylic acids is 1. The van der Waals surface area contributed by atoms with Crippen molar-refractivity contribution in [3.63, 3.8) is 0 Å². The van der Waals surface area contributed by atoms with E-state index < -0.39 is 16.9 Å². The molecule has 6 heteroatoms. The molecule has 0 aliphatic heterocycles. The minimum Gasteiger partial charge on any atom is -0.503 e. The molecule has 134 valence electrons. The highest BCUT2D eigenvalue weighted by Crippen LogP contribution is 2.19. The quantitative estimate of drug-likeness (QED) is 0.678. The van der Waals surface area contributed by atoms with Crippen LogP contribution in [0.25, 0.3) is 0 Å². The fourth-order valence-electron chi connectivity index (χ4n) is 2.79. The van der Waals surface area contributed by atoms with E-state index in [2.05, 4.69) is 0 Å². The molecule has 1 atom stereocenters. The van der Waals surface area contributed by atoms with Gasteiger partial charge in [0.25, 0.3) is 0 Å². The third-order valence-electron chi connectivity index (χ3n) is 4.23. The van der Waals surface area contributed by atoms with Gasteiger partial charge in [0, 0.05) is 31.1 Å². The Labute approximate surface area is 146 Å². The molecule has 0 fully saturated rings. The highest BCUT2D eigenvalue weighted by atomic mass is 16.4. The lowest BCUT2D eigenvalue weighted by Crippen LogP contribution is -2.52. The second-order valence-corrected chi connectivity index (χ2v) is 6.36. The summed E-state index contributed by atoms with van der Waals surface area (Å²) < 4.78 is 1.72. The summed E-state index contributed by atoms with van der Waals surface area (Å²) in [6, 6.07) is 10.4. The van der Waals surface area contributed by atoms with Crippen molar-refractivity contribution < 1.29 is 15.0 Å². The van der Waals surface area contributed by atoms with E-state index in [0.29, 0.717) is 12.2 Å². The Kier molecular flexibility index (Phi) is 5.98. The van der Waals surface area contributed by atoms with E-state index in [1.807, 2.05) is 37.3 Å². The van der Waals surface area contributed by atoms with E-state index in [9.17, 15) is 19.8 Å². The number of rotatable bonds is 8. The lowest BCUT2D eigenvalue weighted by Gasteiger charge is -2.26. The number of aromatic hydroxyl groups is 1. The van der Waals surface area contributed by atoms with E-state index in [0.717, 1.165) is 18.4 Å². The van der Waals surface area contributed by atoms with Crippen LogP contribution in [0.1, 0.15) is 31.0 Å². The Bertz CT molecular complexity index is 786. The van der Waals surface area contributed by atoms with Crippen molar-refractivity contribution in [1.82, 2.24) is 4.57 Å². The minimum atomic E-state index is -1.54. The van der Waals surface area contributed by atoms with E-state index >= 15 is 0 Å². The van der Waals surface area contributed by atoms with Crippen LogP contribution in [0.4, 0.5) is 0 Å². The molecular formula is C19H24N2O4. The van der Waals surface area contributed by atoms with Gasteiger partial charge in [-0.3, -0.25) is 9.59 Å². The van der Waals surface area contributed by atoms with Gasteiger partial charge in [-0.1, -0.05) is 43.7 Å². The van der Waals surface area contributed by atoms with Gasteiger partial charge in [-0.25, -0.2) is 0 Å². The smallest absolute Gasteiger partial charge is 0.324 e. The van der Waals surface area contributed by atoms with Crippen molar-refractivity contribution >= 4 is 5.97 Å². The van der Waals surface area contributed by atoms with Gasteiger partial charge in [0.05, 0.1) is 6.20 Å². The molecule has 0 radical (unpaired) electrons. The summed E-state index contributed by atoms with van der Waals surface area (Å²) in [5.41, 5.74) is 5.46. The van der Waals surface area contributed by atoms with Crippen LogP contribution >= 0.6 is 0 Å². The number of carboxylic acid groups (broad SMARTS) is 1. The summed E-state index contributed by atoms with van der Waals surface area (Å²) in [5, 5.41) is 19.4. The first-order valence-corrected chi connectivity index (χ1v) is 8.34. The van der Waals surface area contributed by atoms with Gasteiger partial charge >= 0.3 is 5.97 Å². The zero-order chi connectivity index (χ0) is 18.4. The number of carboxylic acids is 1. The maximum atomic E-state index is 11.8. The van der Waals surface area contributed by atoms with E-state index in [-0.39, 0.29) is 18.6 Å². The molecule has 0 amide bonds. The first-order valence-electron chi connectivity index (χ1n) is 8.34. The Hall–Kier alpha value is -2.60. The van der Waals surface area contributed by atoms with Crippen LogP contribution in [0.5, 0.6) is 5.75 Å². The normalized spacial score (nSPS) is 13.4.